The zero-order valence-corrected chi connectivity index (χ0v) is 17.6. The van der Waals surface area contributed by atoms with Crippen molar-refractivity contribution >= 4 is 29.5 Å². The van der Waals surface area contributed by atoms with Crippen LogP contribution in [0.25, 0.3) is 0 Å². The molecule has 3 aliphatic rings. The highest BCUT2D eigenvalue weighted by Crippen LogP contribution is 2.33. The Morgan fingerprint density at radius 1 is 1.07 bits per heavy atom. The Morgan fingerprint density at radius 2 is 1.68 bits per heavy atom. The number of hydrogen-bond donors (Lipinski definition) is 2. The lowest BCUT2D eigenvalue weighted by atomic mass is 9.88. The normalized spacial score (nSPS) is 24.7. The smallest absolute Gasteiger partial charge is 0.270 e. The first kappa shape index (κ1) is 21.2. The largest absolute Gasteiger partial charge is 0.509 e. The Kier molecular flexibility index (Phi) is 7.43. The molecule has 3 rings (SSSR count). The van der Waals surface area contributed by atoms with Crippen molar-refractivity contribution in [3.63, 3.8) is 0 Å². The summed E-state index contributed by atoms with van der Waals surface area (Å²) in [5.41, 5.74) is -0.221. The number of aliphatic hydroxyl groups excluding tert-OH is 1. The highest BCUT2D eigenvalue weighted by molar-refractivity contribution is 7.98. The Morgan fingerprint density at radius 3 is 2.29 bits per heavy atom. The van der Waals surface area contributed by atoms with Crippen LogP contribution >= 0.6 is 11.8 Å². The van der Waals surface area contributed by atoms with E-state index in [1.807, 2.05) is 6.26 Å². The summed E-state index contributed by atoms with van der Waals surface area (Å²) in [7, 11) is 0. The van der Waals surface area contributed by atoms with Gasteiger partial charge in [0, 0.05) is 12.0 Å². The fraction of sp³-hybridized carbons (Fsp3) is 0.762. The van der Waals surface area contributed by atoms with E-state index in [2.05, 4.69) is 5.32 Å². The van der Waals surface area contributed by atoms with Crippen molar-refractivity contribution in [3.05, 3.63) is 11.3 Å². The van der Waals surface area contributed by atoms with Crippen LogP contribution in [0.15, 0.2) is 11.3 Å². The van der Waals surface area contributed by atoms with Gasteiger partial charge in [-0.25, -0.2) is 0 Å². The minimum absolute atomic E-state index is 0.0436. The predicted octanol–water partition coefficient (Wildman–Crippen LogP) is 3.32. The highest BCUT2D eigenvalue weighted by atomic mass is 32.2. The average Bonchev–Trinajstić information content (AvgIpc) is 2.96. The third kappa shape index (κ3) is 4.56. The summed E-state index contributed by atoms with van der Waals surface area (Å²) in [6.07, 6.45) is 12.2. The molecule has 0 aromatic rings. The highest BCUT2D eigenvalue weighted by Gasteiger charge is 2.47. The third-order valence-corrected chi connectivity index (χ3v) is 6.91. The van der Waals surface area contributed by atoms with Gasteiger partial charge in [-0.3, -0.25) is 19.3 Å². The molecule has 28 heavy (non-hydrogen) atoms. The summed E-state index contributed by atoms with van der Waals surface area (Å²) in [5.74, 6) is -1.06. The lowest BCUT2D eigenvalue weighted by Gasteiger charge is -2.29. The summed E-state index contributed by atoms with van der Waals surface area (Å²) >= 11 is 1.60. The molecule has 2 saturated carbocycles. The molecule has 156 valence electrons. The first-order valence-electron chi connectivity index (χ1n) is 10.6. The molecule has 0 aromatic heterocycles. The van der Waals surface area contributed by atoms with Gasteiger partial charge in [0.15, 0.2) is 0 Å². The number of rotatable bonds is 6. The van der Waals surface area contributed by atoms with Crippen molar-refractivity contribution in [1.82, 2.24) is 10.2 Å². The third-order valence-electron chi connectivity index (χ3n) is 6.27. The molecule has 1 unspecified atom stereocenters. The van der Waals surface area contributed by atoms with E-state index in [9.17, 15) is 19.5 Å². The fourth-order valence-corrected chi connectivity index (χ4v) is 5.13. The van der Waals surface area contributed by atoms with Crippen LogP contribution in [0.3, 0.4) is 0 Å². The molecule has 1 atom stereocenters. The molecule has 0 saturated heterocycles. The Labute approximate surface area is 171 Å². The first-order valence-corrected chi connectivity index (χ1v) is 12.0. The van der Waals surface area contributed by atoms with Gasteiger partial charge in [-0.15, -0.1) is 0 Å². The van der Waals surface area contributed by atoms with E-state index in [1.165, 1.54) is 11.3 Å². The van der Waals surface area contributed by atoms with E-state index >= 15 is 0 Å². The molecule has 1 heterocycles. The summed E-state index contributed by atoms with van der Waals surface area (Å²) in [6, 6.07) is -0.663. The summed E-state index contributed by atoms with van der Waals surface area (Å²) in [6.45, 7) is 0. The number of imide groups is 1. The SMILES string of the molecule is CSCCC1C(O)=C(C(=O)NC2CCCCC2)C(=O)N1C(=O)C1CCCCC1. The number of carbonyl (C=O) groups excluding carboxylic acids is 3. The van der Waals surface area contributed by atoms with Crippen LogP contribution < -0.4 is 5.32 Å². The molecule has 3 amide bonds. The number of carbonyl (C=O) groups is 3. The minimum atomic E-state index is -0.707. The average molecular weight is 409 g/mol. The second-order valence-electron chi connectivity index (χ2n) is 8.21. The number of aliphatic hydroxyl groups is 1. The summed E-state index contributed by atoms with van der Waals surface area (Å²) < 4.78 is 0. The van der Waals surface area contributed by atoms with Gasteiger partial charge >= 0.3 is 0 Å². The van der Waals surface area contributed by atoms with Crippen LogP contribution in [0.1, 0.15) is 70.6 Å². The molecule has 2 aliphatic carbocycles. The molecule has 6 nitrogen and oxygen atoms in total. The van der Waals surface area contributed by atoms with Gasteiger partial charge in [0.25, 0.3) is 11.8 Å². The fourth-order valence-electron chi connectivity index (χ4n) is 4.67. The number of hydrogen-bond acceptors (Lipinski definition) is 5. The quantitative estimate of drug-likeness (QED) is 0.520. The number of amides is 3. The van der Waals surface area contributed by atoms with E-state index in [-0.39, 0.29) is 29.2 Å². The van der Waals surface area contributed by atoms with Crippen molar-refractivity contribution < 1.29 is 19.5 Å². The monoisotopic (exact) mass is 408 g/mol. The Bertz CT molecular complexity index is 636. The number of nitrogens with zero attached hydrogens (tertiary/aromatic N) is 1. The lowest BCUT2D eigenvalue weighted by Crippen LogP contribution is -2.46. The van der Waals surface area contributed by atoms with Crippen molar-refractivity contribution in [2.75, 3.05) is 12.0 Å². The second kappa shape index (κ2) is 9.81. The van der Waals surface area contributed by atoms with Gasteiger partial charge in [0.05, 0.1) is 6.04 Å². The summed E-state index contributed by atoms with van der Waals surface area (Å²) in [5, 5.41) is 13.7. The molecule has 1 aliphatic heterocycles. The molecule has 0 spiro atoms. The second-order valence-corrected chi connectivity index (χ2v) is 9.20. The van der Waals surface area contributed by atoms with Gasteiger partial charge in [-0.1, -0.05) is 38.5 Å². The maximum absolute atomic E-state index is 13.1. The molecule has 2 N–H and O–H groups in total. The first-order chi connectivity index (χ1) is 13.5. The van der Waals surface area contributed by atoms with Crippen LogP contribution in [0, 0.1) is 5.92 Å². The molecule has 0 radical (unpaired) electrons. The maximum atomic E-state index is 13.1. The van der Waals surface area contributed by atoms with Gasteiger partial charge in [-0.05, 0) is 44.1 Å². The topological polar surface area (TPSA) is 86.7 Å². The van der Waals surface area contributed by atoms with Crippen LogP contribution in [-0.4, -0.2) is 51.8 Å². The van der Waals surface area contributed by atoms with E-state index in [1.54, 1.807) is 11.8 Å². The van der Waals surface area contributed by atoms with Crippen molar-refractivity contribution in [3.8, 4) is 0 Å². The number of nitrogens with one attached hydrogen (secondary N) is 1. The molecule has 0 bridgehead atoms. The minimum Gasteiger partial charge on any atom is -0.509 e. The van der Waals surface area contributed by atoms with Crippen molar-refractivity contribution in [2.24, 2.45) is 5.92 Å². The Hall–Kier alpha value is -1.50. The van der Waals surface area contributed by atoms with E-state index in [0.717, 1.165) is 57.8 Å². The zero-order chi connectivity index (χ0) is 20.1. The van der Waals surface area contributed by atoms with Gasteiger partial charge in [-0.2, -0.15) is 11.8 Å². The Balaban J connectivity index is 1.78. The molecule has 7 heteroatoms. The molecular weight excluding hydrogens is 376 g/mol. The standard InChI is InChI=1S/C21H32N2O4S/c1-28-13-12-16-18(24)17(19(25)22-15-10-6-3-7-11-15)21(27)23(16)20(26)14-8-4-2-5-9-14/h14-16,24H,2-13H2,1H3,(H,22,25). The molecular formula is C21H32N2O4S. The van der Waals surface area contributed by atoms with Crippen molar-refractivity contribution in [1.29, 1.82) is 0 Å². The summed E-state index contributed by atoms with van der Waals surface area (Å²) in [4.78, 5) is 40.2. The molecule has 2 fully saturated rings. The van der Waals surface area contributed by atoms with Crippen LogP contribution in [0.5, 0.6) is 0 Å². The van der Waals surface area contributed by atoms with E-state index in [4.69, 9.17) is 0 Å². The molecule has 0 aromatic carbocycles. The predicted molar refractivity (Wildman–Crippen MR) is 110 cm³/mol. The van der Waals surface area contributed by atoms with E-state index in [0.29, 0.717) is 12.2 Å². The van der Waals surface area contributed by atoms with Crippen LogP contribution in [0.2, 0.25) is 0 Å². The van der Waals surface area contributed by atoms with Gasteiger partial charge < -0.3 is 10.4 Å². The van der Waals surface area contributed by atoms with Gasteiger partial charge in [0.2, 0.25) is 5.91 Å². The van der Waals surface area contributed by atoms with Crippen molar-refractivity contribution in [2.45, 2.75) is 82.7 Å². The zero-order valence-electron chi connectivity index (χ0n) is 16.7. The van der Waals surface area contributed by atoms with Crippen LogP contribution in [0.4, 0.5) is 0 Å². The maximum Gasteiger partial charge on any atom is 0.270 e. The lowest BCUT2D eigenvalue weighted by molar-refractivity contribution is -0.147. The van der Waals surface area contributed by atoms with E-state index < -0.39 is 17.9 Å². The van der Waals surface area contributed by atoms with Crippen LogP contribution in [-0.2, 0) is 14.4 Å². The van der Waals surface area contributed by atoms with Gasteiger partial charge in [0.1, 0.15) is 11.3 Å². The number of thioether (sulfide) groups is 1.